The molecule has 1 aliphatic rings. The molecule has 2 aromatic heterocycles. The van der Waals surface area contributed by atoms with Gasteiger partial charge in [0.15, 0.2) is 0 Å². The number of ether oxygens (including phenoxy) is 1. The first-order valence-corrected chi connectivity index (χ1v) is 12.8. The lowest BCUT2D eigenvalue weighted by atomic mass is 9.99. The van der Waals surface area contributed by atoms with Crippen LogP contribution in [0.1, 0.15) is 69.3 Å². The maximum absolute atomic E-state index is 13.0. The molecule has 0 bridgehead atoms. The maximum Gasteiger partial charge on any atom is 0.419 e. The van der Waals surface area contributed by atoms with E-state index in [0.717, 1.165) is 35.1 Å². The van der Waals surface area contributed by atoms with Gasteiger partial charge in [0, 0.05) is 35.4 Å². The van der Waals surface area contributed by atoms with Gasteiger partial charge in [-0.1, -0.05) is 48.0 Å². The fourth-order valence-electron chi connectivity index (χ4n) is 5.29. The SMILES string of the molecule is Cc1ccc(C(C)N2CCC[C@H]2c2ccnc(-c3cn(C(=O)OC(C)(C)C)c4ccccc34)c2)cc1. The van der Waals surface area contributed by atoms with E-state index in [4.69, 9.17) is 9.72 Å². The molecule has 2 atom stereocenters. The number of carbonyl (C=O) groups is 1. The smallest absolute Gasteiger partial charge is 0.419 e. The molecule has 5 rings (SSSR count). The number of para-hydroxylation sites is 1. The molecule has 4 aromatic rings. The number of aryl methyl sites for hydroxylation is 1. The van der Waals surface area contributed by atoms with Crippen molar-refractivity contribution in [3.8, 4) is 11.3 Å². The minimum Gasteiger partial charge on any atom is -0.443 e. The molecule has 2 aromatic carbocycles. The van der Waals surface area contributed by atoms with Crippen LogP contribution in [0.25, 0.3) is 22.2 Å². The van der Waals surface area contributed by atoms with Gasteiger partial charge in [0.1, 0.15) is 5.60 Å². The van der Waals surface area contributed by atoms with E-state index < -0.39 is 5.60 Å². The highest BCUT2D eigenvalue weighted by Crippen LogP contribution is 2.40. The molecule has 1 saturated heterocycles. The summed E-state index contributed by atoms with van der Waals surface area (Å²) in [5, 5.41) is 0.990. The number of carbonyl (C=O) groups excluding carboxylic acids is 1. The van der Waals surface area contributed by atoms with Crippen LogP contribution in [0.4, 0.5) is 4.79 Å². The predicted molar refractivity (Wildman–Crippen MR) is 145 cm³/mol. The molecule has 1 unspecified atom stereocenters. The minimum atomic E-state index is -0.569. The monoisotopic (exact) mass is 481 g/mol. The van der Waals surface area contributed by atoms with Gasteiger partial charge in [-0.15, -0.1) is 0 Å². The number of pyridine rings is 1. The second-order valence-corrected chi connectivity index (χ2v) is 10.9. The first-order valence-electron chi connectivity index (χ1n) is 12.8. The molecular formula is C31H35N3O2. The predicted octanol–water partition coefficient (Wildman–Crippen LogP) is 7.69. The maximum atomic E-state index is 13.0. The average molecular weight is 482 g/mol. The molecule has 0 aliphatic carbocycles. The zero-order valence-corrected chi connectivity index (χ0v) is 21.9. The highest BCUT2D eigenvalue weighted by molar-refractivity contribution is 6.00. The van der Waals surface area contributed by atoms with Crippen LogP contribution < -0.4 is 0 Å². The minimum absolute atomic E-state index is 0.335. The van der Waals surface area contributed by atoms with E-state index in [2.05, 4.69) is 55.1 Å². The van der Waals surface area contributed by atoms with Crippen molar-refractivity contribution in [2.75, 3.05) is 6.54 Å². The average Bonchev–Trinajstić information content (AvgIpc) is 3.49. The third-order valence-corrected chi connectivity index (χ3v) is 7.10. The molecule has 186 valence electrons. The summed E-state index contributed by atoms with van der Waals surface area (Å²) in [4.78, 5) is 20.3. The van der Waals surface area contributed by atoms with Crippen molar-refractivity contribution < 1.29 is 9.53 Å². The van der Waals surface area contributed by atoms with E-state index in [1.54, 1.807) is 4.57 Å². The highest BCUT2D eigenvalue weighted by Gasteiger charge is 2.31. The standard InChI is InChI=1S/C31H35N3O2/c1-21-12-14-23(15-13-21)22(2)33-18-8-11-28(33)24-16-17-32-27(19-24)26-20-34(30(35)36-31(3,4)5)29-10-7-6-9-25(26)29/h6-7,9-10,12-17,19-20,22,28H,8,11,18H2,1-5H3/t22?,28-/m0/s1. The van der Waals surface area contributed by atoms with Crippen LogP contribution in [0.2, 0.25) is 0 Å². The molecule has 0 N–H and O–H groups in total. The summed E-state index contributed by atoms with van der Waals surface area (Å²) < 4.78 is 7.28. The molecule has 36 heavy (non-hydrogen) atoms. The van der Waals surface area contributed by atoms with Crippen molar-refractivity contribution in [2.24, 2.45) is 0 Å². The molecule has 1 fully saturated rings. The quantitative estimate of drug-likeness (QED) is 0.300. The summed E-state index contributed by atoms with van der Waals surface area (Å²) in [6, 6.07) is 21.8. The molecule has 1 aliphatic heterocycles. The third kappa shape index (κ3) is 4.80. The number of hydrogen-bond donors (Lipinski definition) is 0. The number of likely N-dealkylation sites (tertiary alicyclic amines) is 1. The summed E-state index contributed by atoms with van der Waals surface area (Å²) in [5.41, 5.74) is 5.97. The van der Waals surface area contributed by atoms with E-state index in [1.807, 2.05) is 57.4 Å². The van der Waals surface area contributed by atoms with Crippen molar-refractivity contribution in [3.05, 3.63) is 89.7 Å². The van der Waals surface area contributed by atoms with Gasteiger partial charge < -0.3 is 4.74 Å². The Morgan fingerprint density at radius 1 is 1.08 bits per heavy atom. The molecule has 3 heterocycles. The molecular weight excluding hydrogens is 446 g/mol. The zero-order chi connectivity index (χ0) is 25.4. The van der Waals surface area contributed by atoms with Gasteiger partial charge in [-0.3, -0.25) is 14.5 Å². The van der Waals surface area contributed by atoms with Crippen molar-refractivity contribution in [2.45, 2.75) is 65.1 Å². The van der Waals surface area contributed by atoms with Gasteiger partial charge in [-0.25, -0.2) is 4.79 Å². The number of hydrogen-bond acceptors (Lipinski definition) is 4. The first kappa shape index (κ1) is 24.3. The van der Waals surface area contributed by atoms with E-state index in [-0.39, 0.29) is 6.09 Å². The summed E-state index contributed by atoms with van der Waals surface area (Å²) >= 11 is 0. The molecule has 0 spiro atoms. The van der Waals surface area contributed by atoms with Gasteiger partial charge in [0.05, 0.1) is 11.2 Å². The largest absolute Gasteiger partial charge is 0.443 e. The van der Waals surface area contributed by atoms with E-state index in [9.17, 15) is 4.79 Å². The summed E-state index contributed by atoms with van der Waals surface area (Å²) in [5.74, 6) is 0. The Morgan fingerprint density at radius 3 is 2.58 bits per heavy atom. The van der Waals surface area contributed by atoms with E-state index in [0.29, 0.717) is 12.1 Å². The fourth-order valence-corrected chi connectivity index (χ4v) is 5.29. The summed E-state index contributed by atoms with van der Waals surface area (Å²) in [7, 11) is 0. The molecule has 0 amide bonds. The number of nitrogens with zero attached hydrogens (tertiary/aromatic N) is 3. The summed E-state index contributed by atoms with van der Waals surface area (Å²) in [6.45, 7) is 11.2. The lowest BCUT2D eigenvalue weighted by Gasteiger charge is -2.31. The second kappa shape index (κ2) is 9.55. The highest BCUT2D eigenvalue weighted by atomic mass is 16.6. The van der Waals surface area contributed by atoms with Crippen LogP contribution in [0.15, 0.2) is 73.1 Å². The number of fused-ring (bicyclic) bond motifs is 1. The Kier molecular flexibility index (Phi) is 6.44. The Labute approximate surface area is 213 Å². The Hall–Kier alpha value is -3.44. The third-order valence-electron chi connectivity index (χ3n) is 7.10. The lowest BCUT2D eigenvalue weighted by Crippen LogP contribution is -2.26. The number of benzene rings is 2. The van der Waals surface area contributed by atoms with Crippen molar-refractivity contribution in [1.29, 1.82) is 0 Å². The van der Waals surface area contributed by atoms with Gasteiger partial charge in [-0.05, 0) is 83.3 Å². The summed E-state index contributed by atoms with van der Waals surface area (Å²) in [6.07, 6.45) is 5.69. The van der Waals surface area contributed by atoms with E-state index in [1.165, 1.54) is 23.1 Å². The van der Waals surface area contributed by atoms with Crippen LogP contribution in [0.3, 0.4) is 0 Å². The number of rotatable bonds is 4. The van der Waals surface area contributed by atoms with Crippen LogP contribution in [-0.2, 0) is 4.74 Å². The van der Waals surface area contributed by atoms with Crippen LogP contribution in [0.5, 0.6) is 0 Å². The fraction of sp³-hybridized carbons (Fsp3) is 0.355. The topological polar surface area (TPSA) is 47.4 Å². The normalized spacial score (nSPS) is 17.4. The van der Waals surface area contributed by atoms with Gasteiger partial charge >= 0.3 is 6.09 Å². The van der Waals surface area contributed by atoms with Gasteiger partial charge in [0.2, 0.25) is 0 Å². The van der Waals surface area contributed by atoms with Crippen LogP contribution in [-0.4, -0.2) is 32.7 Å². The second-order valence-electron chi connectivity index (χ2n) is 10.9. The number of aromatic nitrogens is 2. The molecule has 5 heteroatoms. The van der Waals surface area contributed by atoms with Crippen LogP contribution >= 0.6 is 0 Å². The van der Waals surface area contributed by atoms with Gasteiger partial charge in [0.25, 0.3) is 0 Å². The molecule has 0 radical (unpaired) electrons. The Bertz CT molecular complexity index is 1380. The van der Waals surface area contributed by atoms with Crippen molar-refractivity contribution in [3.63, 3.8) is 0 Å². The lowest BCUT2D eigenvalue weighted by molar-refractivity contribution is 0.0544. The van der Waals surface area contributed by atoms with Crippen molar-refractivity contribution in [1.82, 2.24) is 14.5 Å². The molecule has 5 nitrogen and oxygen atoms in total. The molecule has 0 saturated carbocycles. The van der Waals surface area contributed by atoms with Crippen molar-refractivity contribution >= 4 is 17.0 Å². The first-order chi connectivity index (χ1) is 17.2. The zero-order valence-electron chi connectivity index (χ0n) is 21.9. The van der Waals surface area contributed by atoms with E-state index >= 15 is 0 Å². The van der Waals surface area contributed by atoms with Gasteiger partial charge in [-0.2, -0.15) is 0 Å². The van der Waals surface area contributed by atoms with Crippen LogP contribution in [0, 0.1) is 6.92 Å². The Morgan fingerprint density at radius 2 is 1.83 bits per heavy atom. The Balaban J connectivity index is 1.49.